The zero-order chi connectivity index (χ0) is 23.0. The van der Waals surface area contributed by atoms with Crippen molar-refractivity contribution in [1.82, 2.24) is 6.15 Å². The van der Waals surface area contributed by atoms with E-state index in [0.717, 1.165) is 0 Å². The molecule has 0 heterocycles. The lowest BCUT2D eigenvalue weighted by molar-refractivity contribution is -0.390. The van der Waals surface area contributed by atoms with E-state index in [2.05, 4.69) is 0 Å². The Hall–Kier alpha value is -1.04. The Morgan fingerprint density at radius 2 is 0.966 bits per heavy atom. The predicted octanol–water partition coefficient (Wildman–Crippen LogP) is 5.55. The normalized spacial score (nSPS) is 15.2. The third-order valence-corrected chi connectivity index (χ3v) is 4.26. The highest BCUT2D eigenvalue weighted by Gasteiger charge is 2.87. The fourth-order valence-electron chi connectivity index (χ4n) is 1.77. The van der Waals surface area contributed by atoms with Crippen molar-refractivity contribution in [1.29, 1.82) is 0 Å². The summed E-state index contributed by atoms with van der Waals surface area (Å²) in [4.78, 5) is 0. The molecule has 0 saturated heterocycles. The Bertz CT molecular complexity index is 645. The maximum absolute atomic E-state index is 13.3. The SMILES string of the molecule is O=S(=O)([O-])C(F)(F)C(F)(F)C(F)(F)C(F)(F)C(F)(F)CCCCCC(F)(F)F.[NH4+]. The van der Waals surface area contributed by atoms with E-state index in [-0.39, 0.29) is 6.15 Å². The highest BCUT2D eigenvalue weighted by molar-refractivity contribution is 7.86. The van der Waals surface area contributed by atoms with Gasteiger partial charge in [-0.25, -0.2) is 8.42 Å². The highest BCUT2D eigenvalue weighted by Crippen LogP contribution is 2.58. The monoisotopic (exact) mass is 487 g/mol. The number of hydrogen-bond donors (Lipinski definition) is 1. The van der Waals surface area contributed by atoms with E-state index in [0.29, 0.717) is 0 Å². The highest BCUT2D eigenvalue weighted by atomic mass is 32.2. The molecule has 0 rings (SSSR count). The van der Waals surface area contributed by atoms with Crippen molar-refractivity contribution >= 4 is 10.1 Å². The van der Waals surface area contributed by atoms with E-state index in [1.165, 1.54) is 0 Å². The van der Waals surface area contributed by atoms with Crippen LogP contribution in [0.5, 0.6) is 0 Å². The summed E-state index contributed by atoms with van der Waals surface area (Å²) in [7, 11) is -7.69. The van der Waals surface area contributed by atoms with Crippen molar-refractivity contribution in [3.05, 3.63) is 0 Å². The van der Waals surface area contributed by atoms with Crippen molar-refractivity contribution < 1.29 is 70.0 Å². The average Bonchev–Trinajstić information content (AvgIpc) is 2.43. The molecule has 0 fully saturated rings. The summed E-state index contributed by atoms with van der Waals surface area (Å²) in [6.45, 7) is 0. The van der Waals surface area contributed by atoms with Crippen LogP contribution in [-0.2, 0) is 10.1 Å². The third kappa shape index (κ3) is 5.77. The number of halogens is 13. The molecule has 0 aromatic heterocycles. The minimum absolute atomic E-state index is 0. The lowest BCUT2D eigenvalue weighted by Gasteiger charge is -2.39. The molecule has 4 N–H and O–H groups in total. The van der Waals surface area contributed by atoms with Gasteiger partial charge >= 0.3 is 35.1 Å². The molecule has 178 valence electrons. The summed E-state index contributed by atoms with van der Waals surface area (Å²) in [6, 6.07) is 0. The van der Waals surface area contributed by atoms with Gasteiger partial charge in [-0.15, -0.1) is 0 Å². The molecule has 0 radical (unpaired) electrons. The van der Waals surface area contributed by atoms with Crippen LogP contribution in [0.15, 0.2) is 0 Å². The molecular formula is C11H14F13NO3S. The fraction of sp³-hybridized carbons (Fsp3) is 1.00. The van der Waals surface area contributed by atoms with E-state index in [4.69, 9.17) is 0 Å². The van der Waals surface area contributed by atoms with Gasteiger partial charge in [-0.1, -0.05) is 6.42 Å². The molecule has 0 aliphatic carbocycles. The number of rotatable bonds is 10. The molecule has 0 amide bonds. The van der Waals surface area contributed by atoms with Crippen molar-refractivity contribution in [2.24, 2.45) is 0 Å². The lowest BCUT2D eigenvalue weighted by Crippen LogP contribution is -2.68. The lowest BCUT2D eigenvalue weighted by atomic mass is 9.94. The van der Waals surface area contributed by atoms with E-state index in [1.807, 2.05) is 0 Å². The third-order valence-electron chi connectivity index (χ3n) is 3.38. The summed E-state index contributed by atoms with van der Waals surface area (Å²) in [5.41, 5.74) is 0. The van der Waals surface area contributed by atoms with E-state index < -0.39 is 77.3 Å². The fourth-order valence-corrected chi connectivity index (χ4v) is 2.22. The van der Waals surface area contributed by atoms with Gasteiger partial charge in [-0.3, -0.25) is 0 Å². The molecule has 4 nitrogen and oxygen atoms in total. The van der Waals surface area contributed by atoms with Crippen LogP contribution < -0.4 is 6.15 Å². The zero-order valence-corrected chi connectivity index (χ0v) is 14.9. The maximum Gasteiger partial charge on any atom is 0.402 e. The van der Waals surface area contributed by atoms with Crippen LogP contribution in [0.3, 0.4) is 0 Å². The Morgan fingerprint density at radius 3 is 1.31 bits per heavy atom. The predicted molar refractivity (Wildman–Crippen MR) is 69.6 cm³/mol. The molecule has 18 heteroatoms. The Labute approximate surface area is 154 Å². The molecular weight excluding hydrogens is 473 g/mol. The largest absolute Gasteiger partial charge is 0.743 e. The topological polar surface area (TPSA) is 93.7 Å². The minimum Gasteiger partial charge on any atom is -0.743 e. The standard InChI is InChI=1S/C11H11F13O3S.H3N/c12-6(13,4-2-1-3-5-7(14,15)16)8(17,18)9(19,20)10(21,22)11(23,24)28(25,26)27;/h1-5H2,(H,25,26,27);1H3. The van der Waals surface area contributed by atoms with Gasteiger partial charge in [0.25, 0.3) is 0 Å². The van der Waals surface area contributed by atoms with Crippen molar-refractivity contribution in [3.8, 4) is 0 Å². The smallest absolute Gasteiger partial charge is 0.402 e. The Balaban J connectivity index is 0. The molecule has 29 heavy (non-hydrogen) atoms. The second kappa shape index (κ2) is 8.60. The van der Waals surface area contributed by atoms with Crippen molar-refractivity contribution in [3.63, 3.8) is 0 Å². The summed E-state index contributed by atoms with van der Waals surface area (Å²) in [5.74, 6) is -28.9. The molecule has 0 aliphatic rings. The van der Waals surface area contributed by atoms with Crippen LogP contribution in [0, 0.1) is 0 Å². The van der Waals surface area contributed by atoms with Crippen LogP contribution in [0.1, 0.15) is 32.1 Å². The molecule has 0 unspecified atom stereocenters. The van der Waals surface area contributed by atoms with E-state index in [9.17, 15) is 70.0 Å². The minimum atomic E-state index is -7.75. The van der Waals surface area contributed by atoms with Gasteiger partial charge in [0.05, 0.1) is 0 Å². The van der Waals surface area contributed by atoms with Gasteiger partial charge in [0.2, 0.25) is 0 Å². The van der Waals surface area contributed by atoms with Crippen LogP contribution in [-0.4, -0.2) is 48.1 Å². The number of hydrogen-bond acceptors (Lipinski definition) is 3. The van der Waals surface area contributed by atoms with Crippen molar-refractivity contribution in [2.45, 2.75) is 67.2 Å². The van der Waals surface area contributed by atoms with Gasteiger partial charge in [0, 0.05) is 12.8 Å². The molecule has 0 saturated carbocycles. The second-order valence-electron chi connectivity index (χ2n) is 5.57. The van der Waals surface area contributed by atoms with E-state index in [1.54, 1.807) is 0 Å². The van der Waals surface area contributed by atoms with Gasteiger partial charge in [-0.05, 0) is 12.8 Å². The first kappa shape index (κ1) is 30.2. The van der Waals surface area contributed by atoms with Crippen LogP contribution >= 0.6 is 0 Å². The average molecular weight is 487 g/mol. The van der Waals surface area contributed by atoms with Gasteiger partial charge in [-0.2, -0.15) is 57.1 Å². The Kier molecular flexibility index (Phi) is 8.94. The quantitative estimate of drug-likeness (QED) is 0.249. The van der Waals surface area contributed by atoms with Crippen LogP contribution in [0.4, 0.5) is 57.1 Å². The number of quaternary nitrogens is 1. The summed E-state index contributed by atoms with van der Waals surface area (Å²) in [5, 5.41) is -7.38. The van der Waals surface area contributed by atoms with Gasteiger partial charge in [0.15, 0.2) is 10.1 Å². The molecule has 0 aromatic carbocycles. The molecule has 0 aromatic rings. The second-order valence-corrected chi connectivity index (χ2v) is 7.00. The first-order chi connectivity index (χ1) is 12.0. The molecule has 0 spiro atoms. The summed E-state index contributed by atoms with van der Waals surface area (Å²) in [6.07, 6.45) is -11.9. The van der Waals surface area contributed by atoms with Crippen LogP contribution in [0.2, 0.25) is 0 Å². The molecule has 0 bridgehead atoms. The van der Waals surface area contributed by atoms with Crippen LogP contribution in [0.25, 0.3) is 0 Å². The zero-order valence-electron chi connectivity index (χ0n) is 14.1. The van der Waals surface area contributed by atoms with Gasteiger partial charge in [0.1, 0.15) is 0 Å². The number of alkyl halides is 13. The Morgan fingerprint density at radius 1 is 0.586 bits per heavy atom. The summed E-state index contributed by atoms with van der Waals surface area (Å²) >= 11 is 0. The first-order valence-electron chi connectivity index (χ1n) is 6.87. The molecule has 0 atom stereocenters. The van der Waals surface area contributed by atoms with E-state index >= 15 is 0 Å². The van der Waals surface area contributed by atoms with Gasteiger partial charge < -0.3 is 10.7 Å². The number of unbranched alkanes of at least 4 members (excludes halogenated alkanes) is 2. The molecule has 0 aliphatic heterocycles. The summed E-state index contributed by atoms with van der Waals surface area (Å²) < 4.78 is 197. The van der Waals surface area contributed by atoms with Crippen molar-refractivity contribution in [2.75, 3.05) is 0 Å². The first-order valence-corrected chi connectivity index (χ1v) is 8.28. The maximum atomic E-state index is 13.3.